The van der Waals surface area contributed by atoms with Crippen molar-refractivity contribution < 1.29 is 13.2 Å². The molecular weight excluding hydrogens is 516 g/mol. The van der Waals surface area contributed by atoms with Crippen molar-refractivity contribution in [2.24, 2.45) is 10.9 Å². The third kappa shape index (κ3) is 9.35. The van der Waals surface area contributed by atoms with E-state index in [1.165, 1.54) is 0 Å². The molecule has 0 saturated carbocycles. The third-order valence-electron chi connectivity index (χ3n) is 4.66. The molecule has 168 valence electrons. The SMILES string of the molecule is CCNC(=NCc1nc(C(F)(F)F)cs1)NCC(C)CN1CCN(CC)CC1.I. The van der Waals surface area contributed by atoms with Crippen molar-refractivity contribution in [2.75, 3.05) is 52.4 Å². The molecule has 2 rings (SSSR count). The van der Waals surface area contributed by atoms with Gasteiger partial charge in [0.1, 0.15) is 5.01 Å². The van der Waals surface area contributed by atoms with Gasteiger partial charge in [0.2, 0.25) is 0 Å². The normalized spacial score (nSPS) is 17.7. The molecule has 11 heteroatoms. The van der Waals surface area contributed by atoms with Gasteiger partial charge in [0, 0.05) is 51.2 Å². The van der Waals surface area contributed by atoms with E-state index in [9.17, 15) is 13.2 Å². The van der Waals surface area contributed by atoms with Gasteiger partial charge in [0.15, 0.2) is 11.7 Å². The van der Waals surface area contributed by atoms with Crippen molar-refractivity contribution >= 4 is 41.3 Å². The first-order valence-corrected chi connectivity index (χ1v) is 10.7. The summed E-state index contributed by atoms with van der Waals surface area (Å²) < 4.78 is 37.9. The van der Waals surface area contributed by atoms with Gasteiger partial charge in [-0.2, -0.15) is 13.2 Å². The van der Waals surface area contributed by atoms with Crippen LogP contribution in [-0.4, -0.2) is 73.1 Å². The molecule has 0 amide bonds. The van der Waals surface area contributed by atoms with Gasteiger partial charge in [-0.3, -0.25) is 0 Å². The predicted molar refractivity (Wildman–Crippen MR) is 123 cm³/mol. The predicted octanol–water partition coefficient (Wildman–Crippen LogP) is 3.11. The Morgan fingerprint density at radius 3 is 2.41 bits per heavy atom. The van der Waals surface area contributed by atoms with E-state index < -0.39 is 11.9 Å². The molecule has 1 aliphatic rings. The molecule has 29 heavy (non-hydrogen) atoms. The molecule has 2 heterocycles. The van der Waals surface area contributed by atoms with Gasteiger partial charge in [0.25, 0.3) is 0 Å². The van der Waals surface area contributed by atoms with E-state index in [1.54, 1.807) is 0 Å². The summed E-state index contributed by atoms with van der Waals surface area (Å²) in [6.07, 6.45) is -4.40. The van der Waals surface area contributed by atoms with Crippen LogP contribution in [0.5, 0.6) is 0 Å². The Labute approximate surface area is 192 Å². The zero-order chi connectivity index (χ0) is 20.6. The molecule has 1 aromatic rings. The van der Waals surface area contributed by atoms with E-state index in [1.807, 2.05) is 6.92 Å². The summed E-state index contributed by atoms with van der Waals surface area (Å²) in [6, 6.07) is 0. The number of piperazine rings is 1. The van der Waals surface area contributed by atoms with E-state index >= 15 is 0 Å². The van der Waals surface area contributed by atoms with Gasteiger partial charge in [-0.25, -0.2) is 9.98 Å². The molecular formula is C18H32F3IN6S. The van der Waals surface area contributed by atoms with Crippen LogP contribution in [0.4, 0.5) is 13.2 Å². The first kappa shape index (κ1) is 26.4. The number of aromatic nitrogens is 1. The van der Waals surface area contributed by atoms with Gasteiger partial charge in [0.05, 0.1) is 6.54 Å². The molecule has 2 N–H and O–H groups in total. The number of halogens is 4. The number of hydrogen-bond acceptors (Lipinski definition) is 5. The maximum Gasteiger partial charge on any atom is 0.434 e. The van der Waals surface area contributed by atoms with Gasteiger partial charge >= 0.3 is 6.18 Å². The molecule has 6 nitrogen and oxygen atoms in total. The Kier molecular flexibility index (Phi) is 11.7. The average molecular weight is 548 g/mol. The highest BCUT2D eigenvalue weighted by molar-refractivity contribution is 14.0. The highest BCUT2D eigenvalue weighted by Crippen LogP contribution is 2.30. The lowest BCUT2D eigenvalue weighted by Crippen LogP contribution is -2.48. The van der Waals surface area contributed by atoms with Crippen LogP contribution >= 0.6 is 35.3 Å². The van der Waals surface area contributed by atoms with Crippen LogP contribution in [0.15, 0.2) is 10.4 Å². The molecule has 0 aromatic carbocycles. The summed E-state index contributed by atoms with van der Waals surface area (Å²) in [7, 11) is 0. The second-order valence-electron chi connectivity index (χ2n) is 7.04. The summed E-state index contributed by atoms with van der Waals surface area (Å²) in [6.45, 7) is 14.5. The number of rotatable bonds is 8. The Hall–Kier alpha value is -0.660. The molecule has 0 spiro atoms. The topological polar surface area (TPSA) is 55.8 Å². The second-order valence-corrected chi connectivity index (χ2v) is 7.98. The average Bonchev–Trinajstić information content (AvgIpc) is 3.14. The minimum atomic E-state index is -4.40. The number of guanidine groups is 1. The van der Waals surface area contributed by atoms with Gasteiger partial charge in [-0.15, -0.1) is 35.3 Å². The van der Waals surface area contributed by atoms with Crippen LogP contribution in [0.25, 0.3) is 0 Å². The van der Waals surface area contributed by atoms with Crippen molar-refractivity contribution in [2.45, 2.75) is 33.5 Å². The fourth-order valence-electron chi connectivity index (χ4n) is 3.07. The maximum absolute atomic E-state index is 12.6. The fraction of sp³-hybridized carbons (Fsp3) is 0.778. The molecule has 1 atom stereocenters. The van der Waals surface area contributed by atoms with E-state index in [0.29, 0.717) is 23.4 Å². The summed E-state index contributed by atoms with van der Waals surface area (Å²) in [5.74, 6) is 1.04. The molecule has 0 aliphatic carbocycles. The molecule has 1 fully saturated rings. The first-order valence-electron chi connectivity index (χ1n) is 9.80. The van der Waals surface area contributed by atoms with Crippen LogP contribution in [-0.2, 0) is 12.7 Å². The smallest absolute Gasteiger partial charge is 0.357 e. The van der Waals surface area contributed by atoms with Gasteiger partial charge in [-0.1, -0.05) is 13.8 Å². The van der Waals surface area contributed by atoms with Crippen molar-refractivity contribution in [3.8, 4) is 0 Å². The lowest BCUT2D eigenvalue weighted by atomic mass is 10.1. The standard InChI is InChI=1S/C18H31F3N6S.HI/c1-4-22-17(24-11-16-25-15(13-28-16)18(19,20)21)23-10-14(3)12-27-8-6-26(5-2)7-9-27;/h13-14H,4-12H2,1-3H3,(H2,22,23,24);1H. The van der Waals surface area contributed by atoms with E-state index in [4.69, 9.17) is 0 Å². The lowest BCUT2D eigenvalue weighted by Gasteiger charge is -2.35. The summed E-state index contributed by atoms with van der Waals surface area (Å²) in [5, 5.41) is 7.82. The monoisotopic (exact) mass is 548 g/mol. The van der Waals surface area contributed by atoms with Crippen LogP contribution < -0.4 is 10.6 Å². The van der Waals surface area contributed by atoms with Gasteiger partial charge in [-0.05, 0) is 19.4 Å². The zero-order valence-electron chi connectivity index (χ0n) is 17.3. The molecule has 1 aliphatic heterocycles. The first-order chi connectivity index (χ1) is 13.3. The zero-order valence-corrected chi connectivity index (χ0v) is 20.4. The maximum atomic E-state index is 12.6. The summed E-state index contributed by atoms with van der Waals surface area (Å²) in [5.41, 5.74) is -0.850. The fourth-order valence-corrected chi connectivity index (χ4v) is 3.79. The number of nitrogens with one attached hydrogen (secondary N) is 2. The summed E-state index contributed by atoms with van der Waals surface area (Å²) >= 11 is 0.982. The number of aliphatic imine (C=N–C) groups is 1. The third-order valence-corrected chi connectivity index (χ3v) is 5.49. The molecule has 0 radical (unpaired) electrons. The number of hydrogen-bond donors (Lipinski definition) is 2. The van der Waals surface area contributed by atoms with Crippen LogP contribution in [0.3, 0.4) is 0 Å². The Balaban J connectivity index is 0.00000420. The van der Waals surface area contributed by atoms with Crippen molar-refractivity contribution in [1.29, 1.82) is 0 Å². The minimum Gasteiger partial charge on any atom is -0.357 e. The number of alkyl halides is 3. The Morgan fingerprint density at radius 1 is 1.21 bits per heavy atom. The molecule has 1 unspecified atom stereocenters. The number of nitrogens with zero attached hydrogens (tertiary/aromatic N) is 4. The molecule has 1 saturated heterocycles. The molecule has 0 bridgehead atoms. The number of likely N-dealkylation sites (N-methyl/N-ethyl adjacent to an activating group) is 1. The Bertz CT molecular complexity index is 617. The van der Waals surface area contributed by atoms with Gasteiger partial charge < -0.3 is 20.4 Å². The van der Waals surface area contributed by atoms with Crippen LogP contribution in [0, 0.1) is 5.92 Å². The van der Waals surface area contributed by atoms with Crippen LogP contribution in [0.2, 0.25) is 0 Å². The van der Waals surface area contributed by atoms with E-state index in [0.717, 1.165) is 62.5 Å². The van der Waals surface area contributed by atoms with Crippen LogP contribution in [0.1, 0.15) is 31.5 Å². The quantitative estimate of drug-likeness (QED) is 0.297. The Morgan fingerprint density at radius 2 is 1.86 bits per heavy atom. The number of thiazole rings is 1. The highest BCUT2D eigenvalue weighted by Gasteiger charge is 2.33. The van der Waals surface area contributed by atoms with Crippen molar-refractivity contribution in [3.05, 3.63) is 16.1 Å². The van der Waals surface area contributed by atoms with Crippen molar-refractivity contribution in [1.82, 2.24) is 25.4 Å². The largest absolute Gasteiger partial charge is 0.434 e. The molecule has 1 aromatic heterocycles. The van der Waals surface area contributed by atoms with Crippen molar-refractivity contribution in [3.63, 3.8) is 0 Å². The highest BCUT2D eigenvalue weighted by atomic mass is 127. The van der Waals surface area contributed by atoms with E-state index in [-0.39, 0.29) is 30.5 Å². The lowest BCUT2D eigenvalue weighted by molar-refractivity contribution is -0.140. The summed E-state index contributed by atoms with van der Waals surface area (Å²) in [4.78, 5) is 12.9. The minimum absolute atomic E-state index is 0. The second kappa shape index (κ2) is 12.9. The van der Waals surface area contributed by atoms with E-state index in [2.05, 4.69) is 44.3 Å².